The van der Waals surface area contributed by atoms with Crippen LogP contribution in [0.2, 0.25) is 0 Å². The summed E-state index contributed by atoms with van der Waals surface area (Å²) in [7, 11) is 0. The molecule has 0 aromatic heterocycles. The predicted octanol–water partition coefficient (Wildman–Crippen LogP) is 1.93. The molecule has 0 radical (unpaired) electrons. The van der Waals surface area contributed by atoms with Crippen LogP contribution in [0.3, 0.4) is 0 Å². The van der Waals surface area contributed by atoms with Gasteiger partial charge in [-0.25, -0.2) is 0 Å². The van der Waals surface area contributed by atoms with Gasteiger partial charge in [-0.15, -0.1) is 4.91 Å². The van der Waals surface area contributed by atoms with Crippen LogP contribution in [0.4, 0.5) is 11.4 Å². The fraction of sp³-hybridized carbons (Fsp3) is 0.250. The third-order valence-corrected chi connectivity index (χ3v) is 1.59. The highest BCUT2D eigenvalue weighted by molar-refractivity contribution is 5.75. The molecular weight excluding hydrogens is 172 g/mol. The smallest absolute Gasteiger partial charge is 0.189 e. The molecule has 0 saturated heterocycles. The third-order valence-electron chi connectivity index (χ3n) is 1.59. The number of hydrogen-bond donors (Lipinski definition) is 3. The second-order valence-electron chi connectivity index (χ2n) is 2.45. The molecule has 70 valence electrons. The number of nitrogens with zero attached hydrogens (tertiary/aromatic N) is 1. The fourth-order valence-electron chi connectivity index (χ4n) is 0.995. The van der Waals surface area contributed by atoms with Crippen molar-refractivity contribution in [2.45, 2.75) is 6.92 Å². The number of phenols is 2. The van der Waals surface area contributed by atoms with E-state index in [2.05, 4.69) is 10.5 Å². The first-order valence-electron chi connectivity index (χ1n) is 3.82. The van der Waals surface area contributed by atoms with Crippen molar-refractivity contribution in [2.24, 2.45) is 5.18 Å². The Morgan fingerprint density at radius 3 is 2.69 bits per heavy atom. The Morgan fingerprint density at radius 1 is 1.46 bits per heavy atom. The molecule has 5 heteroatoms. The van der Waals surface area contributed by atoms with Gasteiger partial charge in [-0.3, -0.25) is 0 Å². The van der Waals surface area contributed by atoms with Crippen molar-refractivity contribution >= 4 is 11.4 Å². The minimum atomic E-state index is -0.492. The third kappa shape index (κ3) is 1.69. The van der Waals surface area contributed by atoms with Crippen LogP contribution in [0.1, 0.15) is 6.92 Å². The summed E-state index contributed by atoms with van der Waals surface area (Å²) >= 11 is 0. The van der Waals surface area contributed by atoms with Crippen molar-refractivity contribution in [3.63, 3.8) is 0 Å². The molecule has 1 rings (SSSR count). The van der Waals surface area contributed by atoms with E-state index in [9.17, 15) is 10.0 Å². The van der Waals surface area contributed by atoms with Crippen LogP contribution in [0, 0.1) is 4.91 Å². The number of aromatic hydroxyl groups is 2. The first-order valence-corrected chi connectivity index (χ1v) is 3.82. The molecule has 0 bridgehead atoms. The molecule has 1 aromatic rings. The van der Waals surface area contributed by atoms with E-state index in [1.165, 1.54) is 12.1 Å². The van der Waals surface area contributed by atoms with Crippen molar-refractivity contribution in [1.82, 2.24) is 0 Å². The molecule has 3 N–H and O–H groups in total. The van der Waals surface area contributed by atoms with Gasteiger partial charge in [0.2, 0.25) is 0 Å². The Labute approximate surface area is 75.0 Å². The molecule has 0 heterocycles. The maximum Gasteiger partial charge on any atom is 0.189 e. The van der Waals surface area contributed by atoms with Crippen molar-refractivity contribution in [2.75, 3.05) is 11.9 Å². The monoisotopic (exact) mass is 182 g/mol. The summed E-state index contributed by atoms with van der Waals surface area (Å²) < 4.78 is 0. The highest BCUT2D eigenvalue weighted by Gasteiger charge is 2.11. The van der Waals surface area contributed by atoms with Crippen molar-refractivity contribution in [1.29, 1.82) is 0 Å². The summed E-state index contributed by atoms with van der Waals surface area (Å²) in [6, 6.07) is 2.78. The van der Waals surface area contributed by atoms with E-state index in [4.69, 9.17) is 5.11 Å². The Kier molecular flexibility index (Phi) is 2.69. The maximum absolute atomic E-state index is 10.3. The van der Waals surface area contributed by atoms with E-state index in [0.717, 1.165) is 0 Å². The van der Waals surface area contributed by atoms with Crippen LogP contribution in [-0.4, -0.2) is 16.8 Å². The lowest BCUT2D eigenvalue weighted by Crippen LogP contribution is -1.96. The van der Waals surface area contributed by atoms with Crippen LogP contribution < -0.4 is 5.32 Å². The first-order chi connectivity index (χ1) is 6.20. The number of nitroso groups, excluding NO2 is 1. The van der Waals surface area contributed by atoms with Crippen LogP contribution in [0.5, 0.6) is 11.5 Å². The second kappa shape index (κ2) is 3.75. The molecule has 5 nitrogen and oxygen atoms in total. The van der Waals surface area contributed by atoms with Crippen LogP contribution >= 0.6 is 0 Å². The standard InChI is InChI=1S/C8H10N2O3/c1-2-9-5-3-4-6(11)8(12)7(5)10-13/h3-4,9,11-12H,2H2,1H3. The van der Waals surface area contributed by atoms with E-state index in [1.54, 1.807) is 0 Å². The number of hydrogen-bond acceptors (Lipinski definition) is 5. The average molecular weight is 182 g/mol. The minimum Gasteiger partial charge on any atom is -0.504 e. The number of benzene rings is 1. The molecule has 0 amide bonds. The van der Waals surface area contributed by atoms with Gasteiger partial charge in [0.05, 0.1) is 5.69 Å². The molecule has 0 atom stereocenters. The van der Waals surface area contributed by atoms with Gasteiger partial charge in [0.25, 0.3) is 0 Å². The van der Waals surface area contributed by atoms with Crippen LogP contribution in [0.25, 0.3) is 0 Å². The molecular formula is C8H10N2O3. The molecule has 0 aliphatic rings. The number of nitrogens with one attached hydrogen (secondary N) is 1. The summed E-state index contributed by atoms with van der Waals surface area (Å²) in [4.78, 5) is 10.3. The van der Waals surface area contributed by atoms with Gasteiger partial charge in [0.1, 0.15) is 0 Å². The largest absolute Gasteiger partial charge is 0.504 e. The van der Waals surface area contributed by atoms with Crippen molar-refractivity contribution < 1.29 is 10.2 Å². The Hall–Kier alpha value is -1.78. The molecule has 0 spiro atoms. The minimum absolute atomic E-state index is 0.165. The number of anilines is 1. The Morgan fingerprint density at radius 2 is 2.15 bits per heavy atom. The summed E-state index contributed by atoms with van der Waals surface area (Å²) in [5.74, 6) is -0.843. The van der Waals surface area contributed by atoms with E-state index >= 15 is 0 Å². The maximum atomic E-state index is 10.3. The molecule has 0 saturated carbocycles. The van der Waals surface area contributed by atoms with Gasteiger partial charge in [0.15, 0.2) is 17.2 Å². The fourth-order valence-corrected chi connectivity index (χ4v) is 0.995. The van der Waals surface area contributed by atoms with Crippen LogP contribution in [-0.2, 0) is 0 Å². The SMILES string of the molecule is CCNc1ccc(O)c(O)c1N=O. The van der Waals surface area contributed by atoms with E-state index < -0.39 is 5.75 Å². The Balaban J connectivity index is 3.21. The zero-order valence-corrected chi connectivity index (χ0v) is 7.11. The van der Waals surface area contributed by atoms with Gasteiger partial charge in [-0.2, -0.15) is 0 Å². The zero-order valence-electron chi connectivity index (χ0n) is 7.11. The molecule has 0 aliphatic heterocycles. The summed E-state index contributed by atoms with van der Waals surface area (Å²) in [5.41, 5.74) is 0.245. The highest BCUT2D eigenvalue weighted by Crippen LogP contribution is 2.40. The van der Waals surface area contributed by atoms with Gasteiger partial charge >= 0.3 is 0 Å². The first kappa shape index (κ1) is 9.31. The average Bonchev–Trinajstić information content (AvgIpc) is 2.12. The second-order valence-corrected chi connectivity index (χ2v) is 2.45. The highest BCUT2D eigenvalue weighted by atomic mass is 16.3. The van der Waals surface area contributed by atoms with Gasteiger partial charge in [-0.05, 0) is 24.2 Å². The lowest BCUT2D eigenvalue weighted by molar-refractivity contribution is 0.405. The molecule has 13 heavy (non-hydrogen) atoms. The van der Waals surface area contributed by atoms with Crippen LogP contribution in [0.15, 0.2) is 17.3 Å². The molecule has 0 unspecified atom stereocenters. The summed E-state index contributed by atoms with van der Waals surface area (Å²) in [5, 5.41) is 23.7. The number of rotatable bonds is 3. The van der Waals surface area contributed by atoms with E-state index in [-0.39, 0.29) is 11.4 Å². The van der Waals surface area contributed by atoms with Crippen molar-refractivity contribution in [3.05, 3.63) is 17.0 Å². The Bertz CT molecular complexity index is 325. The lowest BCUT2D eigenvalue weighted by Gasteiger charge is -2.07. The zero-order chi connectivity index (χ0) is 9.84. The molecule has 0 aliphatic carbocycles. The predicted molar refractivity (Wildman–Crippen MR) is 49.4 cm³/mol. The van der Waals surface area contributed by atoms with Gasteiger partial charge < -0.3 is 15.5 Å². The van der Waals surface area contributed by atoms with Gasteiger partial charge in [-0.1, -0.05) is 0 Å². The number of phenolic OH excluding ortho intramolecular Hbond substituents is 2. The van der Waals surface area contributed by atoms with E-state index in [0.29, 0.717) is 12.2 Å². The molecule has 1 aromatic carbocycles. The summed E-state index contributed by atoms with van der Waals surface area (Å²) in [6.45, 7) is 2.45. The summed E-state index contributed by atoms with van der Waals surface area (Å²) in [6.07, 6.45) is 0. The topological polar surface area (TPSA) is 81.9 Å². The quantitative estimate of drug-likeness (QED) is 0.379. The van der Waals surface area contributed by atoms with E-state index in [1.807, 2.05) is 6.92 Å². The van der Waals surface area contributed by atoms with Gasteiger partial charge in [0, 0.05) is 6.54 Å². The molecule has 0 fully saturated rings. The van der Waals surface area contributed by atoms with Crippen molar-refractivity contribution in [3.8, 4) is 11.5 Å². The lowest BCUT2D eigenvalue weighted by atomic mass is 10.2. The normalized spacial score (nSPS) is 9.62.